The van der Waals surface area contributed by atoms with Gasteiger partial charge in [0.05, 0.1) is 0 Å². The highest BCUT2D eigenvalue weighted by molar-refractivity contribution is 5.71. The summed E-state index contributed by atoms with van der Waals surface area (Å²) in [6, 6.07) is 0. The molecular formula is C76H140O6. The van der Waals surface area contributed by atoms with Crippen LogP contribution in [0.15, 0.2) is 48.6 Å². The zero-order valence-electron chi connectivity index (χ0n) is 55.3. The minimum absolute atomic E-state index is 0.0669. The third-order valence-electron chi connectivity index (χ3n) is 16.6. The van der Waals surface area contributed by atoms with Gasteiger partial charge in [0.2, 0.25) is 0 Å². The molecule has 0 aromatic carbocycles. The van der Waals surface area contributed by atoms with Crippen LogP contribution in [0.5, 0.6) is 0 Å². The molecule has 0 spiro atoms. The number of hydrogen-bond donors (Lipinski definition) is 0. The maximum Gasteiger partial charge on any atom is 0.306 e. The highest BCUT2D eigenvalue weighted by Gasteiger charge is 2.19. The fraction of sp³-hybridized carbons (Fsp3) is 0.855. The van der Waals surface area contributed by atoms with Crippen LogP contribution in [0.25, 0.3) is 0 Å². The largest absolute Gasteiger partial charge is 0.462 e. The average Bonchev–Trinajstić information content (AvgIpc) is 3.48. The van der Waals surface area contributed by atoms with Gasteiger partial charge >= 0.3 is 17.9 Å². The third-order valence-corrected chi connectivity index (χ3v) is 16.6. The van der Waals surface area contributed by atoms with Gasteiger partial charge in [-0.3, -0.25) is 14.4 Å². The molecule has 0 saturated heterocycles. The van der Waals surface area contributed by atoms with E-state index in [1.54, 1.807) is 0 Å². The van der Waals surface area contributed by atoms with Crippen LogP contribution in [0, 0.1) is 0 Å². The third kappa shape index (κ3) is 68.2. The van der Waals surface area contributed by atoms with E-state index in [1.807, 2.05) is 0 Å². The van der Waals surface area contributed by atoms with Crippen LogP contribution in [-0.2, 0) is 28.6 Å². The van der Waals surface area contributed by atoms with Crippen molar-refractivity contribution >= 4 is 17.9 Å². The van der Waals surface area contributed by atoms with Gasteiger partial charge in [-0.2, -0.15) is 0 Å². The van der Waals surface area contributed by atoms with Gasteiger partial charge in [0.1, 0.15) is 13.2 Å². The molecule has 0 aromatic rings. The standard InChI is InChI=1S/C76H140O6/c1-4-7-10-13-15-17-19-21-23-25-27-29-31-33-35-37-38-39-41-42-44-46-48-50-52-54-56-58-60-63-66-69-75(78)81-72-73(71-80-74(77)68-65-62-12-9-6-3)82-76(79)70-67-64-61-59-57-55-53-51-49-47-45-43-40-36-34-32-30-28-26-24-22-20-18-16-14-11-8-5-2/h7,10,15,17,21,23,27,29,73H,4-6,8-9,11-14,16,18-20,22,24-26,28,30-72H2,1-3H3/b10-7-,17-15-,23-21-,29-27-. The zero-order chi connectivity index (χ0) is 59.2. The van der Waals surface area contributed by atoms with Crippen LogP contribution in [0.2, 0.25) is 0 Å². The first-order chi connectivity index (χ1) is 40.5. The monoisotopic (exact) mass is 1150 g/mol. The van der Waals surface area contributed by atoms with E-state index in [-0.39, 0.29) is 31.1 Å². The Bertz CT molecular complexity index is 1410. The van der Waals surface area contributed by atoms with Gasteiger partial charge in [0.15, 0.2) is 6.10 Å². The Balaban J connectivity index is 3.90. The number of unbranched alkanes of at least 4 members (excludes halogenated alkanes) is 49. The highest BCUT2D eigenvalue weighted by Crippen LogP contribution is 2.19. The second-order valence-electron chi connectivity index (χ2n) is 24.8. The van der Waals surface area contributed by atoms with Gasteiger partial charge in [-0.25, -0.2) is 0 Å². The van der Waals surface area contributed by atoms with Crippen molar-refractivity contribution in [3.63, 3.8) is 0 Å². The van der Waals surface area contributed by atoms with E-state index in [9.17, 15) is 14.4 Å². The van der Waals surface area contributed by atoms with Crippen LogP contribution in [0.3, 0.4) is 0 Å². The van der Waals surface area contributed by atoms with Crippen LogP contribution in [-0.4, -0.2) is 37.2 Å². The molecule has 82 heavy (non-hydrogen) atoms. The minimum atomic E-state index is -0.766. The number of carbonyl (C=O) groups is 3. The van der Waals surface area contributed by atoms with Crippen molar-refractivity contribution in [3.8, 4) is 0 Å². The Morgan fingerprint density at radius 2 is 0.476 bits per heavy atom. The molecule has 0 heterocycles. The lowest BCUT2D eigenvalue weighted by Gasteiger charge is -2.18. The van der Waals surface area contributed by atoms with Crippen molar-refractivity contribution < 1.29 is 28.6 Å². The summed E-state index contributed by atoms with van der Waals surface area (Å²) >= 11 is 0. The molecule has 0 radical (unpaired) electrons. The van der Waals surface area contributed by atoms with E-state index in [1.165, 1.54) is 270 Å². The van der Waals surface area contributed by atoms with Crippen molar-refractivity contribution in [2.75, 3.05) is 13.2 Å². The van der Waals surface area contributed by atoms with E-state index in [0.717, 1.165) is 89.9 Å². The average molecular weight is 1150 g/mol. The smallest absolute Gasteiger partial charge is 0.306 e. The second kappa shape index (κ2) is 70.9. The molecule has 0 saturated carbocycles. The molecule has 480 valence electrons. The number of carbonyl (C=O) groups excluding carboxylic acids is 3. The summed E-state index contributed by atoms with van der Waals surface area (Å²) in [5.74, 6) is -0.853. The summed E-state index contributed by atoms with van der Waals surface area (Å²) in [7, 11) is 0. The lowest BCUT2D eigenvalue weighted by atomic mass is 10.0. The summed E-state index contributed by atoms with van der Waals surface area (Å²) in [6.07, 6.45) is 90.8. The fourth-order valence-electron chi connectivity index (χ4n) is 11.1. The maximum absolute atomic E-state index is 12.9. The van der Waals surface area contributed by atoms with Crippen LogP contribution < -0.4 is 0 Å². The Labute approximate surface area is 511 Å². The number of hydrogen-bond acceptors (Lipinski definition) is 6. The topological polar surface area (TPSA) is 78.9 Å². The van der Waals surface area contributed by atoms with E-state index < -0.39 is 6.10 Å². The normalized spacial score (nSPS) is 12.3. The minimum Gasteiger partial charge on any atom is -0.462 e. The van der Waals surface area contributed by atoms with E-state index >= 15 is 0 Å². The molecule has 0 amide bonds. The van der Waals surface area contributed by atoms with Crippen molar-refractivity contribution in [2.45, 2.75) is 406 Å². The molecule has 1 unspecified atom stereocenters. The van der Waals surface area contributed by atoms with Gasteiger partial charge in [-0.1, -0.05) is 371 Å². The molecule has 0 aromatic heterocycles. The number of esters is 3. The van der Waals surface area contributed by atoms with Crippen LogP contribution in [0.1, 0.15) is 400 Å². The van der Waals surface area contributed by atoms with Gasteiger partial charge in [0, 0.05) is 19.3 Å². The highest BCUT2D eigenvalue weighted by atomic mass is 16.6. The second-order valence-corrected chi connectivity index (χ2v) is 24.8. The number of ether oxygens (including phenoxy) is 3. The van der Waals surface area contributed by atoms with Gasteiger partial charge in [-0.15, -0.1) is 0 Å². The predicted molar refractivity (Wildman–Crippen MR) is 358 cm³/mol. The molecule has 1 atom stereocenters. The van der Waals surface area contributed by atoms with Gasteiger partial charge in [-0.05, 0) is 57.8 Å². The first kappa shape index (κ1) is 79.4. The summed E-state index contributed by atoms with van der Waals surface area (Å²) < 4.78 is 16.8. The Morgan fingerprint density at radius 3 is 0.744 bits per heavy atom. The molecule has 0 N–H and O–H groups in total. The van der Waals surface area contributed by atoms with Gasteiger partial charge in [0.25, 0.3) is 0 Å². The summed E-state index contributed by atoms with van der Waals surface area (Å²) in [4.78, 5) is 38.1. The molecule has 0 aliphatic rings. The van der Waals surface area contributed by atoms with Gasteiger partial charge < -0.3 is 14.2 Å². The molecule has 6 nitrogen and oxygen atoms in total. The summed E-state index contributed by atoms with van der Waals surface area (Å²) in [5, 5.41) is 0. The SMILES string of the molecule is CC/C=C\C/C=C\C/C=C\C/C=C\CCCCCCCCCCCCCCCCCCCCC(=O)OCC(COC(=O)CCCCCCC)OC(=O)CCCCCCCCCCCCCCCCCCCCCCCCCCCCCC. The number of rotatable bonds is 68. The Morgan fingerprint density at radius 1 is 0.256 bits per heavy atom. The van der Waals surface area contributed by atoms with Crippen LogP contribution in [0.4, 0.5) is 0 Å². The van der Waals surface area contributed by atoms with Crippen LogP contribution >= 0.6 is 0 Å². The lowest BCUT2D eigenvalue weighted by molar-refractivity contribution is -0.167. The number of allylic oxidation sites excluding steroid dienone is 8. The Kier molecular flexibility index (Phi) is 68.6. The molecule has 0 rings (SSSR count). The van der Waals surface area contributed by atoms with Crippen molar-refractivity contribution in [1.82, 2.24) is 0 Å². The molecule has 6 heteroatoms. The zero-order valence-corrected chi connectivity index (χ0v) is 55.3. The fourth-order valence-corrected chi connectivity index (χ4v) is 11.1. The van der Waals surface area contributed by atoms with Crippen molar-refractivity contribution in [2.24, 2.45) is 0 Å². The quantitative estimate of drug-likeness (QED) is 0.0261. The van der Waals surface area contributed by atoms with E-state index in [0.29, 0.717) is 19.3 Å². The summed E-state index contributed by atoms with van der Waals surface area (Å²) in [5.41, 5.74) is 0. The maximum atomic E-state index is 12.9. The van der Waals surface area contributed by atoms with E-state index in [2.05, 4.69) is 69.4 Å². The lowest BCUT2D eigenvalue weighted by Crippen LogP contribution is -2.30. The first-order valence-electron chi connectivity index (χ1n) is 36.6. The molecular weight excluding hydrogens is 1010 g/mol. The predicted octanol–water partition coefficient (Wildman–Crippen LogP) is 25.3. The summed E-state index contributed by atoms with van der Waals surface area (Å²) in [6.45, 7) is 6.52. The molecule has 0 fully saturated rings. The van der Waals surface area contributed by atoms with Crippen molar-refractivity contribution in [3.05, 3.63) is 48.6 Å². The first-order valence-corrected chi connectivity index (χ1v) is 36.6. The molecule has 0 aliphatic carbocycles. The van der Waals surface area contributed by atoms with Crippen molar-refractivity contribution in [1.29, 1.82) is 0 Å². The Hall–Kier alpha value is -2.63. The van der Waals surface area contributed by atoms with E-state index in [4.69, 9.17) is 14.2 Å². The molecule has 0 bridgehead atoms. The molecule has 0 aliphatic heterocycles.